The number of carbonyl (C=O) groups is 2. The summed E-state index contributed by atoms with van der Waals surface area (Å²) in [6, 6.07) is 6.48. The fourth-order valence-corrected chi connectivity index (χ4v) is 2.45. The maximum atomic E-state index is 12.1. The van der Waals surface area contributed by atoms with Gasteiger partial charge in [-0.05, 0) is 31.2 Å². The fourth-order valence-electron chi connectivity index (χ4n) is 1.60. The number of halogens is 1. The van der Waals surface area contributed by atoms with Gasteiger partial charge in [0.2, 0.25) is 0 Å². The van der Waals surface area contributed by atoms with Crippen LogP contribution < -0.4 is 4.80 Å². The Bertz CT molecular complexity index is 704. The smallest absolute Gasteiger partial charge is 0.326 e. The highest BCUT2D eigenvalue weighted by molar-refractivity contribution is 7.07. The van der Waals surface area contributed by atoms with Gasteiger partial charge in [-0.2, -0.15) is 4.99 Å². The SMILES string of the molecule is CCOC(=O)Cn1ccsc1=NC(=O)c1ccc(Cl)cc1. The Kier molecular flexibility index (Phi) is 5.30. The van der Waals surface area contributed by atoms with Crippen LogP contribution in [0.2, 0.25) is 5.02 Å². The Labute approximate surface area is 130 Å². The van der Waals surface area contributed by atoms with E-state index in [0.29, 0.717) is 22.0 Å². The van der Waals surface area contributed by atoms with Crippen molar-refractivity contribution < 1.29 is 14.3 Å². The quantitative estimate of drug-likeness (QED) is 0.812. The van der Waals surface area contributed by atoms with E-state index >= 15 is 0 Å². The number of rotatable bonds is 4. The van der Waals surface area contributed by atoms with Crippen LogP contribution in [0, 0.1) is 0 Å². The number of carbonyl (C=O) groups excluding carboxylic acids is 2. The Morgan fingerprint density at radius 3 is 2.71 bits per heavy atom. The van der Waals surface area contributed by atoms with Crippen LogP contribution in [0.4, 0.5) is 0 Å². The minimum absolute atomic E-state index is 0.0318. The molecule has 2 aromatic rings. The molecule has 0 spiro atoms. The van der Waals surface area contributed by atoms with Crippen molar-refractivity contribution in [1.29, 1.82) is 0 Å². The Morgan fingerprint density at radius 2 is 2.05 bits per heavy atom. The third-order valence-electron chi connectivity index (χ3n) is 2.55. The largest absolute Gasteiger partial charge is 0.465 e. The van der Waals surface area contributed by atoms with Crippen LogP contribution in [-0.2, 0) is 16.1 Å². The summed E-state index contributed by atoms with van der Waals surface area (Å²) in [7, 11) is 0. The number of aromatic nitrogens is 1. The highest BCUT2D eigenvalue weighted by atomic mass is 35.5. The number of amides is 1. The predicted octanol–water partition coefficient (Wildman–Crippen LogP) is 2.51. The molecule has 0 saturated heterocycles. The minimum atomic E-state index is -0.383. The Balaban J connectivity index is 2.21. The second-order valence-corrected chi connectivity index (χ2v) is 5.35. The summed E-state index contributed by atoms with van der Waals surface area (Å²) in [5.74, 6) is -0.747. The standard InChI is InChI=1S/C14H13ClN2O3S/c1-2-20-12(18)9-17-7-8-21-14(17)16-13(19)10-3-5-11(15)6-4-10/h3-8H,2,9H2,1H3. The summed E-state index contributed by atoms with van der Waals surface area (Å²) >= 11 is 7.05. The van der Waals surface area contributed by atoms with Crippen molar-refractivity contribution in [3.8, 4) is 0 Å². The first-order valence-corrected chi connectivity index (χ1v) is 7.50. The molecule has 0 aliphatic heterocycles. The molecule has 0 unspecified atom stereocenters. The number of ether oxygens (including phenoxy) is 1. The summed E-state index contributed by atoms with van der Waals surface area (Å²) in [4.78, 5) is 28.0. The van der Waals surface area contributed by atoms with E-state index in [2.05, 4.69) is 4.99 Å². The van der Waals surface area contributed by atoms with Gasteiger partial charge in [-0.15, -0.1) is 11.3 Å². The van der Waals surface area contributed by atoms with Crippen molar-refractivity contribution in [3.05, 3.63) is 51.2 Å². The monoisotopic (exact) mass is 324 g/mol. The Morgan fingerprint density at radius 1 is 1.33 bits per heavy atom. The molecule has 0 fully saturated rings. The molecule has 0 saturated carbocycles. The van der Waals surface area contributed by atoms with Gasteiger partial charge >= 0.3 is 5.97 Å². The summed E-state index contributed by atoms with van der Waals surface area (Å²) < 4.78 is 6.46. The second kappa shape index (κ2) is 7.19. The topological polar surface area (TPSA) is 60.7 Å². The van der Waals surface area contributed by atoms with E-state index in [1.165, 1.54) is 11.3 Å². The summed E-state index contributed by atoms with van der Waals surface area (Å²) in [6.07, 6.45) is 1.69. The Hall–Kier alpha value is -1.92. The number of benzene rings is 1. The van der Waals surface area contributed by atoms with Gasteiger partial charge in [-0.3, -0.25) is 9.59 Å². The maximum Gasteiger partial charge on any atom is 0.326 e. The number of nitrogens with zero attached hydrogens (tertiary/aromatic N) is 2. The fraction of sp³-hybridized carbons (Fsp3) is 0.214. The molecule has 1 aromatic carbocycles. The maximum absolute atomic E-state index is 12.1. The number of hydrogen-bond donors (Lipinski definition) is 0. The van der Waals surface area contributed by atoms with Gasteiger partial charge < -0.3 is 9.30 Å². The van der Waals surface area contributed by atoms with E-state index in [1.54, 1.807) is 47.3 Å². The number of hydrogen-bond acceptors (Lipinski definition) is 4. The molecule has 0 radical (unpaired) electrons. The number of thiazole rings is 1. The zero-order valence-electron chi connectivity index (χ0n) is 11.3. The van der Waals surface area contributed by atoms with E-state index in [4.69, 9.17) is 16.3 Å². The van der Waals surface area contributed by atoms with Crippen LogP contribution in [0.25, 0.3) is 0 Å². The minimum Gasteiger partial charge on any atom is -0.465 e. The third kappa shape index (κ3) is 4.27. The van der Waals surface area contributed by atoms with Crippen LogP contribution in [-0.4, -0.2) is 23.1 Å². The molecular formula is C14H13ClN2O3S. The predicted molar refractivity (Wildman–Crippen MR) is 80.3 cm³/mol. The van der Waals surface area contributed by atoms with Crippen LogP contribution >= 0.6 is 22.9 Å². The summed E-state index contributed by atoms with van der Waals surface area (Å²) in [6.45, 7) is 2.09. The molecule has 7 heteroatoms. The van der Waals surface area contributed by atoms with Gasteiger partial charge in [0, 0.05) is 22.2 Å². The molecule has 110 valence electrons. The lowest BCUT2D eigenvalue weighted by Crippen LogP contribution is -2.22. The average molecular weight is 325 g/mol. The molecule has 1 heterocycles. The lowest BCUT2D eigenvalue weighted by Gasteiger charge is -2.02. The van der Waals surface area contributed by atoms with E-state index in [9.17, 15) is 9.59 Å². The van der Waals surface area contributed by atoms with E-state index in [1.807, 2.05) is 0 Å². The van der Waals surface area contributed by atoms with Crippen molar-refractivity contribution in [2.75, 3.05) is 6.61 Å². The van der Waals surface area contributed by atoms with E-state index in [0.717, 1.165) is 0 Å². The van der Waals surface area contributed by atoms with Gasteiger partial charge in [-0.1, -0.05) is 11.6 Å². The molecule has 2 rings (SSSR count). The molecule has 0 aliphatic rings. The van der Waals surface area contributed by atoms with Crippen LogP contribution in [0.1, 0.15) is 17.3 Å². The molecule has 0 bridgehead atoms. The first kappa shape index (κ1) is 15.5. The van der Waals surface area contributed by atoms with Gasteiger partial charge in [0.15, 0.2) is 4.80 Å². The van der Waals surface area contributed by atoms with Crippen molar-refractivity contribution in [3.63, 3.8) is 0 Å². The lowest BCUT2D eigenvalue weighted by atomic mass is 10.2. The second-order valence-electron chi connectivity index (χ2n) is 4.04. The highest BCUT2D eigenvalue weighted by Gasteiger charge is 2.07. The molecule has 1 amide bonds. The molecule has 0 aliphatic carbocycles. The average Bonchev–Trinajstić information content (AvgIpc) is 2.87. The van der Waals surface area contributed by atoms with Crippen molar-refractivity contribution in [1.82, 2.24) is 4.57 Å². The van der Waals surface area contributed by atoms with E-state index in [-0.39, 0.29) is 18.4 Å². The van der Waals surface area contributed by atoms with Crippen molar-refractivity contribution in [2.24, 2.45) is 4.99 Å². The van der Waals surface area contributed by atoms with Gasteiger partial charge in [0.1, 0.15) is 6.54 Å². The van der Waals surface area contributed by atoms with Gasteiger partial charge in [0.05, 0.1) is 6.61 Å². The number of esters is 1. The summed E-state index contributed by atoms with van der Waals surface area (Å²) in [5, 5.41) is 2.31. The highest BCUT2D eigenvalue weighted by Crippen LogP contribution is 2.10. The third-order valence-corrected chi connectivity index (χ3v) is 3.60. The van der Waals surface area contributed by atoms with Crippen LogP contribution in [0.5, 0.6) is 0 Å². The van der Waals surface area contributed by atoms with E-state index < -0.39 is 0 Å². The normalized spacial score (nSPS) is 11.4. The molecule has 0 atom stereocenters. The molecule has 21 heavy (non-hydrogen) atoms. The van der Waals surface area contributed by atoms with Crippen molar-refractivity contribution in [2.45, 2.75) is 13.5 Å². The lowest BCUT2D eigenvalue weighted by molar-refractivity contribution is -0.143. The zero-order chi connectivity index (χ0) is 15.2. The molecular weight excluding hydrogens is 312 g/mol. The van der Waals surface area contributed by atoms with Crippen molar-refractivity contribution >= 4 is 34.8 Å². The first-order valence-electron chi connectivity index (χ1n) is 6.24. The van der Waals surface area contributed by atoms with Gasteiger partial charge in [-0.25, -0.2) is 0 Å². The van der Waals surface area contributed by atoms with Crippen LogP contribution in [0.15, 0.2) is 40.8 Å². The van der Waals surface area contributed by atoms with Gasteiger partial charge in [0.25, 0.3) is 5.91 Å². The molecule has 0 N–H and O–H groups in total. The van der Waals surface area contributed by atoms with Crippen LogP contribution in [0.3, 0.4) is 0 Å². The molecule has 5 nitrogen and oxygen atoms in total. The molecule has 1 aromatic heterocycles. The summed E-state index contributed by atoms with van der Waals surface area (Å²) in [5.41, 5.74) is 0.440. The zero-order valence-corrected chi connectivity index (χ0v) is 12.9. The first-order chi connectivity index (χ1) is 10.1.